The molecule has 0 heterocycles. The SMILES string of the molecule is CCOC(=O)CN(c1cccc([N+](=O)[O-])c1C)S(=O)(=O)c1ccccc1. The number of nitrogens with zero attached hydrogens (tertiary/aromatic N) is 2. The van der Waals surface area contributed by atoms with E-state index in [0.717, 1.165) is 4.31 Å². The van der Waals surface area contributed by atoms with Gasteiger partial charge in [-0.1, -0.05) is 24.3 Å². The second-order valence-electron chi connectivity index (χ2n) is 5.31. The number of rotatable bonds is 7. The molecule has 0 unspecified atom stereocenters. The molecule has 2 aromatic rings. The minimum atomic E-state index is -4.12. The number of benzene rings is 2. The van der Waals surface area contributed by atoms with Gasteiger partial charge in [0.1, 0.15) is 6.54 Å². The Hall–Kier alpha value is -2.94. The molecule has 0 N–H and O–H groups in total. The summed E-state index contributed by atoms with van der Waals surface area (Å²) >= 11 is 0. The first-order valence-electron chi connectivity index (χ1n) is 7.76. The summed E-state index contributed by atoms with van der Waals surface area (Å²) in [5, 5.41) is 11.2. The number of nitro groups is 1. The molecule has 2 aromatic carbocycles. The van der Waals surface area contributed by atoms with E-state index in [0.29, 0.717) is 0 Å². The second-order valence-corrected chi connectivity index (χ2v) is 7.17. The predicted octanol–water partition coefficient (Wildman–Crippen LogP) is 2.66. The third-order valence-electron chi connectivity index (χ3n) is 3.65. The molecule has 0 aromatic heterocycles. The average Bonchev–Trinajstić information content (AvgIpc) is 2.61. The summed E-state index contributed by atoms with van der Waals surface area (Å²) in [6.45, 7) is 2.54. The molecule has 0 saturated heterocycles. The van der Waals surface area contributed by atoms with Crippen LogP contribution < -0.4 is 4.31 Å². The fourth-order valence-corrected chi connectivity index (χ4v) is 3.91. The molecular formula is C17H18N2O6S. The van der Waals surface area contributed by atoms with E-state index in [1.54, 1.807) is 25.1 Å². The fourth-order valence-electron chi connectivity index (χ4n) is 2.42. The first-order valence-corrected chi connectivity index (χ1v) is 9.20. The Balaban J connectivity index is 2.61. The Kier molecular flexibility index (Phi) is 5.93. The predicted molar refractivity (Wildman–Crippen MR) is 95.4 cm³/mol. The highest BCUT2D eigenvalue weighted by atomic mass is 32.2. The van der Waals surface area contributed by atoms with Crippen molar-refractivity contribution in [1.29, 1.82) is 0 Å². The highest BCUT2D eigenvalue weighted by Gasteiger charge is 2.30. The lowest BCUT2D eigenvalue weighted by atomic mass is 10.1. The normalized spacial score (nSPS) is 11.0. The number of carbonyl (C=O) groups excluding carboxylic acids is 1. The van der Waals surface area contributed by atoms with Gasteiger partial charge < -0.3 is 4.74 Å². The highest BCUT2D eigenvalue weighted by molar-refractivity contribution is 7.92. The zero-order valence-corrected chi connectivity index (χ0v) is 15.1. The molecule has 138 valence electrons. The quantitative estimate of drug-likeness (QED) is 0.416. The van der Waals surface area contributed by atoms with Crippen molar-refractivity contribution in [2.75, 3.05) is 17.5 Å². The lowest BCUT2D eigenvalue weighted by Crippen LogP contribution is -2.37. The maximum atomic E-state index is 13.1. The van der Waals surface area contributed by atoms with E-state index in [4.69, 9.17) is 4.74 Å². The number of carbonyl (C=O) groups is 1. The van der Waals surface area contributed by atoms with Gasteiger partial charge in [-0.25, -0.2) is 8.42 Å². The molecule has 0 aliphatic heterocycles. The molecule has 2 rings (SSSR count). The van der Waals surface area contributed by atoms with Crippen LogP contribution in [0, 0.1) is 17.0 Å². The maximum absolute atomic E-state index is 13.1. The standard InChI is InChI=1S/C17H18N2O6S/c1-3-25-17(20)12-18(26(23,24)14-8-5-4-6-9-14)15-10-7-11-16(13(15)2)19(21)22/h4-11H,3,12H2,1-2H3. The first kappa shape index (κ1) is 19.4. The van der Waals surface area contributed by atoms with Gasteiger partial charge in [-0.3, -0.25) is 19.2 Å². The van der Waals surface area contributed by atoms with E-state index in [1.807, 2.05) is 0 Å². The van der Waals surface area contributed by atoms with Crippen molar-refractivity contribution in [3.63, 3.8) is 0 Å². The van der Waals surface area contributed by atoms with E-state index < -0.39 is 27.5 Å². The van der Waals surface area contributed by atoms with Crippen LogP contribution in [0.5, 0.6) is 0 Å². The van der Waals surface area contributed by atoms with Crippen LogP contribution in [-0.4, -0.2) is 32.5 Å². The van der Waals surface area contributed by atoms with Crippen LogP contribution in [0.3, 0.4) is 0 Å². The van der Waals surface area contributed by atoms with Crippen LogP contribution in [0.4, 0.5) is 11.4 Å². The number of sulfonamides is 1. The molecule has 8 nitrogen and oxygen atoms in total. The second kappa shape index (κ2) is 7.96. The van der Waals surface area contributed by atoms with Gasteiger partial charge >= 0.3 is 5.97 Å². The van der Waals surface area contributed by atoms with Gasteiger partial charge in [0.05, 0.1) is 27.7 Å². The summed E-state index contributed by atoms with van der Waals surface area (Å²) in [5.74, 6) is -0.752. The summed E-state index contributed by atoms with van der Waals surface area (Å²) in [6, 6.07) is 11.6. The molecule has 0 saturated carbocycles. The van der Waals surface area contributed by atoms with E-state index in [9.17, 15) is 23.3 Å². The van der Waals surface area contributed by atoms with Gasteiger partial charge in [0.15, 0.2) is 0 Å². The van der Waals surface area contributed by atoms with Crippen LogP contribution in [0.2, 0.25) is 0 Å². The van der Waals surface area contributed by atoms with Crippen molar-refractivity contribution in [2.45, 2.75) is 18.7 Å². The number of anilines is 1. The van der Waals surface area contributed by atoms with E-state index in [2.05, 4.69) is 0 Å². The van der Waals surface area contributed by atoms with Crippen molar-refractivity contribution in [3.05, 3.63) is 64.2 Å². The van der Waals surface area contributed by atoms with Crippen LogP contribution in [0.1, 0.15) is 12.5 Å². The smallest absolute Gasteiger partial charge is 0.326 e. The van der Waals surface area contributed by atoms with Crippen molar-refractivity contribution in [3.8, 4) is 0 Å². The summed E-state index contributed by atoms with van der Waals surface area (Å²) in [6.07, 6.45) is 0. The van der Waals surface area contributed by atoms with Crippen molar-refractivity contribution in [2.24, 2.45) is 0 Å². The molecule has 26 heavy (non-hydrogen) atoms. The van der Waals surface area contributed by atoms with Crippen LogP contribution >= 0.6 is 0 Å². The Morgan fingerprint density at radius 2 is 1.81 bits per heavy atom. The minimum Gasteiger partial charge on any atom is -0.465 e. The zero-order valence-electron chi connectivity index (χ0n) is 14.3. The Morgan fingerprint density at radius 3 is 2.38 bits per heavy atom. The summed E-state index contributed by atoms with van der Waals surface area (Å²) < 4.78 is 31.8. The number of ether oxygens (including phenoxy) is 1. The van der Waals surface area contributed by atoms with Gasteiger partial charge in [0.2, 0.25) is 0 Å². The van der Waals surface area contributed by atoms with Crippen molar-refractivity contribution in [1.82, 2.24) is 0 Å². The Morgan fingerprint density at radius 1 is 1.15 bits per heavy atom. The number of hydrogen-bond acceptors (Lipinski definition) is 6. The molecule has 0 radical (unpaired) electrons. The molecule has 0 spiro atoms. The molecule has 0 atom stereocenters. The van der Waals surface area contributed by atoms with Crippen molar-refractivity contribution < 1.29 is 22.9 Å². The number of hydrogen-bond donors (Lipinski definition) is 0. The van der Waals surface area contributed by atoms with Gasteiger partial charge in [-0.05, 0) is 32.0 Å². The number of nitro benzene ring substituents is 1. The van der Waals surface area contributed by atoms with Crippen molar-refractivity contribution >= 4 is 27.4 Å². The molecule has 9 heteroatoms. The van der Waals surface area contributed by atoms with Crippen LogP contribution in [-0.2, 0) is 19.6 Å². The summed E-state index contributed by atoms with van der Waals surface area (Å²) in [7, 11) is -4.12. The lowest BCUT2D eigenvalue weighted by molar-refractivity contribution is -0.385. The summed E-state index contributed by atoms with van der Waals surface area (Å²) in [4.78, 5) is 22.5. The third-order valence-corrected chi connectivity index (χ3v) is 5.43. The lowest BCUT2D eigenvalue weighted by Gasteiger charge is -2.25. The summed E-state index contributed by atoms with van der Waals surface area (Å²) in [5.41, 5.74) is -0.0444. The van der Waals surface area contributed by atoms with Gasteiger partial charge in [0.25, 0.3) is 15.7 Å². The largest absolute Gasteiger partial charge is 0.465 e. The molecular weight excluding hydrogens is 360 g/mol. The van der Waals surface area contributed by atoms with Crippen LogP contribution in [0.25, 0.3) is 0 Å². The Bertz CT molecular complexity index is 912. The van der Waals surface area contributed by atoms with E-state index in [-0.39, 0.29) is 28.4 Å². The zero-order chi connectivity index (χ0) is 19.3. The van der Waals surface area contributed by atoms with Gasteiger partial charge in [0, 0.05) is 6.07 Å². The van der Waals surface area contributed by atoms with Gasteiger partial charge in [-0.2, -0.15) is 0 Å². The molecule has 0 amide bonds. The fraction of sp³-hybridized carbons (Fsp3) is 0.235. The Labute approximate surface area is 151 Å². The molecule has 0 fully saturated rings. The first-order chi connectivity index (χ1) is 12.3. The number of esters is 1. The van der Waals surface area contributed by atoms with E-state index in [1.165, 1.54) is 37.3 Å². The third kappa shape index (κ3) is 3.99. The average molecular weight is 378 g/mol. The monoisotopic (exact) mass is 378 g/mol. The van der Waals surface area contributed by atoms with E-state index >= 15 is 0 Å². The van der Waals surface area contributed by atoms with Gasteiger partial charge in [-0.15, -0.1) is 0 Å². The molecule has 0 bridgehead atoms. The molecule has 0 aliphatic rings. The molecule has 0 aliphatic carbocycles. The van der Waals surface area contributed by atoms with Crippen LogP contribution in [0.15, 0.2) is 53.4 Å². The topological polar surface area (TPSA) is 107 Å². The minimum absolute atomic E-state index is 0.0322. The maximum Gasteiger partial charge on any atom is 0.326 e. The highest BCUT2D eigenvalue weighted by Crippen LogP contribution is 2.32.